The molecule has 4 heteroatoms. The van der Waals surface area contributed by atoms with Gasteiger partial charge in [-0.25, -0.2) is 0 Å². The predicted octanol–water partition coefficient (Wildman–Crippen LogP) is 2.96. The molecule has 21 heavy (non-hydrogen) atoms. The summed E-state index contributed by atoms with van der Waals surface area (Å²) in [6.45, 7) is 4.85. The molecule has 116 valence electrons. The first-order valence-electron chi connectivity index (χ1n) is 7.95. The van der Waals surface area contributed by atoms with Crippen molar-refractivity contribution in [2.45, 2.75) is 50.3 Å². The summed E-state index contributed by atoms with van der Waals surface area (Å²) in [7, 11) is 0. The molecule has 1 aliphatic heterocycles. The number of nitrogens with two attached hydrogens (primary N) is 1. The molecular formula is C17H25BrN2O. The molecule has 2 fully saturated rings. The second kappa shape index (κ2) is 6.37. The highest BCUT2D eigenvalue weighted by Gasteiger charge is 2.43. The molecule has 3 atom stereocenters. The Balaban J connectivity index is 1.79. The third kappa shape index (κ3) is 3.19. The first-order chi connectivity index (χ1) is 10.1. The van der Waals surface area contributed by atoms with Crippen LogP contribution in [0.4, 0.5) is 0 Å². The van der Waals surface area contributed by atoms with Crippen molar-refractivity contribution in [1.82, 2.24) is 4.90 Å². The van der Waals surface area contributed by atoms with Gasteiger partial charge < -0.3 is 10.5 Å². The number of halogens is 1. The quantitative estimate of drug-likeness (QED) is 0.905. The second-order valence-electron chi connectivity index (χ2n) is 6.61. The van der Waals surface area contributed by atoms with E-state index in [0.717, 1.165) is 24.0 Å². The molecule has 3 rings (SSSR count). The van der Waals surface area contributed by atoms with E-state index in [9.17, 15) is 0 Å². The molecule has 0 bridgehead atoms. The van der Waals surface area contributed by atoms with Gasteiger partial charge in [0, 0.05) is 29.1 Å². The van der Waals surface area contributed by atoms with Crippen LogP contribution in [-0.4, -0.2) is 42.3 Å². The van der Waals surface area contributed by atoms with E-state index in [1.807, 2.05) is 0 Å². The van der Waals surface area contributed by atoms with Gasteiger partial charge in [0.05, 0.1) is 12.7 Å². The van der Waals surface area contributed by atoms with Crippen LogP contribution in [0.15, 0.2) is 28.7 Å². The minimum Gasteiger partial charge on any atom is -0.375 e. The summed E-state index contributed by atoms with van der Waals surface area (Å²) in [6, 6.07) is 9.19. The first kappa shape index (κ1) is 15.5. The van der Waals surface area contributed by atoms with Crippen molar-refractivity contribution in [2.24, 2.45) is 5.73 Å². The summed E-state index contributed by atoms with van der Waals surface area (Å²) >= 11 is 3.50. The summed E-state index contributed by atoms with van der Waals surface area (Å²) < 4.78 is 7.08. The number of morpholine rings is 1. The Morgan fingerprint density at radius 1 is 1.33 bits per heavy atom. The maximum Gasteiger partial charge on any atom is 0.0731 e. The van der Waals surface area contributed by atoms with E-state index < -0.39 is 0 Å². The molecule has 1 aromatic rings. The number of ether oxygens (including phenoxy) is 1. The number of fused-ring (bicyclic) bond motifs is 1. The minimum absolute atomic E-state index is 0.0187. The first-order valence-corrected chi connectivity index (χ1v) is 8.74. The zero-order chi connectivity index (χ0) is 14.9. The number of rotatable bonds is 4. The molecule has 0 spiro atoms. The van der Waals surface area contributed by atoms with Gasteiger partial charge in [0.1, 0.15) is 0 Å². The fraction of sp³-hybridized carbons (Fsp3) is 0.647. The third-order valence-electron chi connectivity index (χ3n) is 5.11. The predicted molar refractivity (Wildman–Crippen MR) is 89.4 cm³/mol. The second-order valence-corrected chi connectivity index (χ2v) is 7.52. The Bertz CT molecular complexity index is 478. The van der Waals surface area contributed by atoms with Crippen molar-refractivity contribution in [2.75, 3.05) is 19.7 Å². The van der Waals surface area contributed by atoms with Crippen LogP contribution in [-0.2, 0) is 11.2 Å². The van der Waals surface area contributed by atoms with Crippen LogP contribution in [0, 0.1) is 0 Å². The molecule has 1 saturated heterocycles. The summed E-state index contributed by atoms with van der Waals surface area (Å²) in [5.41, 5.74) is 7.58. The Kier molecular flexibility index (Phi) is 4.69. The van der Waals surface area contributed by atoms with E-state index >= 15 is 0 Å². The van der Waals surface area contributed by atoms with E-state index in [0.29, 0.717) is 18.7 Å². The van der Waals surface area contributed by atoms with Crippen LogP contribution in [0.25, 0.3) is 0 Å². The molecule has 0 amide bonds. The van der Waals surface area contributed by atoms with Crippen molar-refractivity contribution < 1.29 is 4.74 Å². The van der Waals surface area contributed by atoms with Gasteiger partial charge in [-0.05, 0) is 50.3 Å². The lowest BCUT2D eigenvalue weighted by Crippen LogP contribution is -2.62. The van der Waals surface area contributed by atoms with E-state index in [2.05, 4.69) is 52.0 Å². The third-order valence-corrected chi connectivity index (χ3v) is 5.64. The maximum atomic E-state index is 6.21. The number of hydrogen-bond donors (Lipinski definition) is 1. The average Bonchev–Trinajstić information content (AvgIpc) is 2.98. The van der Waals surface area contributed by atoms with Crippen LogP contribution in [0.2, 0.25) is 0 Å². The Hall–Kier alpha value is -0.420. The molecule has 0 aromatic heterocycles. The lowest BCUT2D eigenvalue weighted by Gasteiger charge is -2.49. The van der Waals surface area contributed by atoms with Crippen molar-refractivity contribution in [1.29, 1.82) is 0 Å². The van der Waals surface area contributed by atoms with Gasteiger partial charge in [0.25, 0.3) is 0 Å². The standard InChI is InChI=1S/C17H25BrN2O/c1-17(12-19,11-13-5-7-14(18)8-6-13)20-9-10-21-16-4-2-3-15(16)20/h5-8,15-16H,2-4,9-12,19H2,1H3. The highest BCUT2D eigenvalue weighted by Crippen LogP contribution is 2.35. The molecular weight excluding hydrogens is 328 g/mol. The number of nitrogens with zero attached hydrogens (tertiary/aromatic N) is 1. The smallest absolute Gasteiger partial charge is 0.0731 e. The SMILES string of the molecule is CC(CN)(Cc1ccc(Br)cc1)N1CCOC2CCCC21. The summed E-state index contributed by atoms with van der Waals surface area (Å²) in [5.74, 6) is 0. The summed E-state index contributed by atoms with van der Waals surface area (Å²) in [5, 5.41) is 0. The molecule has 2 aliphatic rings. The molecule has 1 heterocycles. The van der Waals surface area contributed by atoms with Crippen molar-refractivity contribution >= 4 is 15.9 Å². The molecule has 3 nitrogen and oxygen atoms in total. The molecule has 1 saturated carbocycles. The van der Waals surface area contributed by atoms with E-state index in [-0.39, 0.29) is 5.54 Å². The van der Waals surface area contributed by atoms with Gasteiger partial charge in [0.2, 0.25) is 0 Å². The average molecular weight is 353 g/mol. The van der Waals surface area contributed by atoms with Crippen molar-refractivity contribution in [3.8, 4) is 0 Å². The van der Waals surface area contributed by atoms with Gasteiger partial charge in [-0.15, -0.1) is 0 Å². The molecule has 3 unspecified atom stereocenters. The van der Waals surface area contributed by atoms with Gasteiger partial charge in [-0.1, -0.05) is 28.1 Å². The van der Waals surface area contributed by atoms with E-state index in [1.165, 1.54) is 24.8 Å². The zero-order valence-corrected chi connectivity index (χ0v) is 14.3. The normalized spacial score (nSPS) is 29.1. The van der Waals surface area contributed by atoms with Gasteiger partial charge in [-0.3, -0.25) is 4.90 Å². The number of benzene rings is 1. The van der Waals surface area contributed by atoms with Crippen LogP contribution in [0.5, 0.6) is 0 Å². The molecule has 0 radical (unpaired) electrons. The number of hydrogen-bond acceptors (Lipinski definition) is 3. The molecule has 1 aliphatic carbocycles. The zero-order valence-electron chi connectivity index (χ0n) is 12.7. The highest BCUT2D eigenvalue weighted by molar-refractivity contribution is 9.10. The summed E-state index contributed by atoms with van der Waals surface area (Å²) in [4.78, 5) is 2.64. The van der Waals surface area contributed by atoms with Crippen LogP contribution < -0.4 is 5.73 Å². The van der Waals surface area contributed by atoms with Crippen molar-refractivity contribution in [3.05, 3.63) is 34.3 Å². The van der Waals surface area contributed by atoms with Crippen LogP contribution in [0.1, 0.15) is 31.7 Å². The van der Waals surface area contributed by atoms with Crippen molar-refractivity contribution in [3.63, 3.8) is 0 Å². The van der Waals surface area contributed by atoms with Gasteiger partial charge in [0.15, 0.2) is 0 Å². The topological polar surface area (TPSA) is 38.5 Å². The molecule has 1 aromatic carbocycles. The maximum absolute atomic E-state index is 6.21. The fourth-order valence-electron chi connectivity index (χ4n) is 3.93. The van der Waals surface area contributed by atoms with Gasteiger partial charge in [-0.2, -0.15) is 0 Å². The fourth-order valence-corrected chi connectivity index (χ4v) is 4.19. The highest BCUT2D eigenvalue weighted by atomic mass is 79.9. The lowest BCUT2D eigenvalue weighted by molar-refractivity contribution is -0.0932. The van der Waals surface area contributed by atoms with Crippen LogP contribution >= 0.6 is 15.9 Å². The largest absolute Gasteiger partial charge is 0.375 e. The van der Waals surface area contributed by atoms with Crippen LogP contribution in [0.3, 0.4) is 0 Å². The minimum atomic E-state index is 0.0187. The lowest BCUT2D eigenvalue weighted by atomic mass is 9.88. The Labute approximate surface area is 136 Å². The van der Waals surface area contributed by atoms with E-state index in [4.69, 9.17) is 10.5 Å². The Morgan fingerprint density at radius 3 is 2.81 bits per heavy atom. The Morgan fingerprint density at radius 2 is 2.10 bits per heavy atom. The molecule has 2 N–H and O–H groups in total. The monoisotopic (exact) mass is 352 g/mol. The van der Waals surface area contributed by atoms with E-state index in [1.54, 1.807) is 0 Å². The van der Waals surface area contributed by atoms with Gasteiger partial charge >= 0.3 is 0 Å². The summed E-state index contributed by atoms with van der Waals surface area (Å²) in [6.07, 6.45) is 5.17.